The van der Waals surface area contributed by atoms with Gasteiger partial charge in [0.2, 0.25) is 0 Å². The van der Waals surface area contributed by atoms with Gasteiger partial charge in [0.05, 0.1) is 16.8 Å². The number of carbonyl (C=O) groups is 1. The zero-order valence-electron chi connectivity index (χ0n) is 15.2. The fraction of sp³-hybridized carbons (Fsp3) is 0.524. The Morgan fingerprint density at radius 2 is 1.96 bits per heavy atom. The van der Waals surface area contributed by atoms with Gasteiger partial charge in [-0.25, -0.2) is 0 Å². The van der Waals surface area contributed by atoms with Crippen molar-refractivity contribution in [1.82, 2.24) is 10.3 Å². The van der Waals surface area contributed by atoms with Crippen molar-refractivity contribution in [1.29, 1.82) is 0 Å². The summed E-state index contributed by atoms with van der Waals surface area (Å²) in [6.45, 7) is 1.10. The molecule has 5 heteroatoms. The normalized spacial score (nSPS) is 23.2. The van der Waals surface area contributed by atoms with E-state index in [1.807, 2.05) is 19.2 Å². The van der Waals surface area contributed by atoms with Gasteiger partial charge in [-0.3, -0.25) is 9.78 Å². The Kier molecular flexibility index (Phi) is 5.28. The number of ketones is 1. The largest absolute Gasteiger partial charge is 0.381 e. The number of rotatable bonds is 6. The van der Waals surface area contributed by atoms with Crippen LogP contribution in [-0.4, -0.2) is 30.4 Å². The second-order valence-electron chi connectivity index (χ2n) is 7.77. The maximum Gasteiger partial charge on any atom is 0.169 e. The number of pyridine rings is 1. The number of anilines is 1. The van der Waals surface area contributed by atoms with Gasteiger partial charge < -0.3 is 10.6 Å². The molecule has 2 aliphatic carbocycles. The molecule has 0 atom stereocenters. The molecule has 2 N–H and O–H groups in total. The molecule has 1 aromatic carbocycles. The molecule has 0 bridgehead atoms. The highest BCUT2D eigenvalue weighted by atomic mass is 79.9. The van der Waals surface area contributed by atoms with E-state index in [1.54, 1.807) is 6.20 Å². The highest BCUT2D eigenvalue weighted by Gasteiger charge is 2.33. The molecule has 4 rings (SSSR count). The lowest BCUT2D eigenvalue weighted by atomic mass is 9.85. The quantitative estimate of drug-likeness (QED) is 0.666. The predicted octanol–water partition coefficient (Wildman–Crippen LogP) is 4.78. The summed E-state index contributed by atoms with van der Waals surface area (Å²) in [5.74, 6) is 1.23. The van der Waals surface area contributed by atoms with Crippen LogP contribution in [0.5, 0.6) is 0 Å². The molecule has 0 aliphatic heterocycles. The Balaban J connectivity index is 1.64. The van der Waals surface area contributed by atoms with Crippen molar-refractivity contribution in [3.8, 4) is 0 Å². The summed E-state index contributed by atoms with van der Waals surface area (Å²) in [4.78, 5) is 17.4. The standard InChI is InChI=1S/C21H26BrN3O/c1-23-11-13-2-7-16(8-3-13)25-20-17-10-15(22)6-9-19(17)24-12-18(20)21(26)14-4-5-14/h6,9-10,12-14,16,23H,2-5,7-8,11H2,1H3,(H,24,25). The molecule has 2 aromatic rings. The predicted molar refractivity (Wildman–Crippen MR) is 110 cm³/mol. The topological polar surface area (TPSA) is 54.0 Å². The smallest absolute Gasteiger partial charge is 0.169 e. The van der Waals surface area contributed by atoms with E-state index in [4.69, 9.17) is 0 Å². The van der Waals surface area contributed by atoms with E-state index in [1.165, 1.54) is 12.8 Å². The van der Waals surface area contributed by atoms with Gasteiger partial charge in [-0.05, 0) is 76.2 Å². The van der Waals surface area contributed by atoms with E-state index in [-0.39, 0.29) is 11.7 Å². The van der Waals surface area contributed by atoms with Crippen molar-refractivity contribution >= 4 is 38.3 Å². The average Bonchev–Trinajstić information content (AvgIpc) is 3.48. The van der Waals surface area contributed by atoms with Crippen LogP contribution in [0.25, 0.3) is 10.9 Å². The summed E-state index contributed by atoms with van der Waals surface area (Å²) in [6, 6.07) is 6.53. The van der Waals surface area contributed by atoms with Crippen LogP contribution in [0.2, 0.25) is 0 Å². The van der Waals surface area contributed by atoms with Crippen molar-refractivity contribution in [2.45, 2.75) is 44.6 Å². The third-order valence-electron chi connectivity index (χ3n) is 5.73. The maximum atomic E-state index is 12.8. The number of nitrogens with zero attached hydrogens (tertiary/aromatic N) is 1. The fourth-order valence-corrected chi connectivity index (χ4v) is 4.44. The summed E-state index contributed by atoms with van der Waals surface area (Å²) in [7, 11) is 2.03. The van der Waals surface area contributed by atoms with Crippen LogP contribution in [0.1, 0.15) is 48.9 Å². The van der Waals surface area contributed by atoms with Crippen LogP contribution in [0.4, 0.5) is 5.69 Å². The lowest BCUT2D eigenvalue weighted by molar-refractivity contribution is 0.0968. The number of aromatic nitrogens is 1. The number of benzene rings is 1. The number of carbonyl (C=O) groups excluding carboxylic acids is 1. The lowest BCUT2D eigenvalue weighted by Crippen LogP contribution is -2.30. The summed E-state index contributed by atoms with van der Waals surface area (Å²) in [6.07, 6.45) is 8.59. The number of nitrogens with one attached hydrogen (secondary N) is 2. The van der Waals surface area contributed by atoms with Crippen molar-refractivity contribution in [2.75, 3.05) is 18.9 Å². The minimum absolute atomic E-state index is 0.202. The zero-order chi connectivity index (χ0) is 18.1. The van der Waals surface area contributed by atoms with Gasteiger partial charge in [0, 0.05) is 28.0 Å². The van der Waals surface area contributed by atoms with Gasteiger partial charge in [-0.1, -0.05) is 15.9 Å². The van der Waals surface area contributed by atoms with Gasteiger partial charge in [0.1, 0.15) is 0 Å². The molecule has 2 aliphatic rings. The molecule has 0 radical (unpaired) electrons. The molecular formula is C21H26BrN3O. The van der Waals surface area contributed by atoms with E-state index in [2.05, 4.69) is 37.6 Å². The number of halogens is 1. The van der Waals surface area contributed by atoms with E-state index in [0.29, 0.717) is 6.04 Å². The van der Waals surface area contributed by atoms with Crippen LogP contribution >= 0.6 is 15.9 Å². The Labute approximate surface area is 163 Å². The molecule has 0 spiro atoms. The molecular weight excluding hydrogens is 390 g/mol. The molecule has 0 amide bonds. The molecule has 2 fully saturated rings. The minimum atomic E-state index is 0.202. The van der Waals surface area contributed by atoms with E-state index >= 15 is 0 Å². The number of hydrogen-bond donors (Lipinski definition) is 2. The van der Waals surface area contributed by atoms with Gasteiger partial charge >= 0.3 is 0 Å². The Bertz CT molecular complexity index is 810. The first kappa shape index (κ1) is 17.9. The highest BCUT2D eigenvalue weighted by molar-refractivity contribution is 9.10. The van der Waals surface area contributed by atoms with Gasteiger partial charge in [-0.15, -0.1) is 0 Å². The Morgan fingerprint density at radius 3 is 2.65 bits per heavy atom. The number of Topliss-reactive ketones (excluding diaryl/α,β-unsaturated/α-hetero) is 1. The third-order valence-corrected chi connectivity index (χ3v) is 6.22. The van der Waals surface area contributed by atoms with Gasteiger partial charge in [0.25, 0.3) is 0 Å². The van der Waals surface area contributed by atoms with Crippen LogP contribution in [0.15, 0.2) is 28.9 Å². The molecule has 1 heterocycles. The molecule has 138 valence electrons. The van der Waals surface area contributed by atoms with Crippen molar-refractivity contribution in [2.24, 2.45) is 11.8 Å². The number of fused-ring (bicyclic) bond motifs is 1. The molecule has 0 unspecified atom stereocenters. The second-order valence-corrected chi connectivity index (χ2v) is 8.68. The van der Waals surface area contributed by atoms with Crippen molar-refractivity contribution in [3.63, 3.8) is 0 Å². The first-order valence-electron chi connectivity index (χ1n) is 9.69. The molecule has 4 nitrogen and oxygen atoms in total. The van der Waals surface area contributed by atoms with Crippen molar-refractivity contribution in [3.05, 3.63) is 34.4 Å². The van der Waals surface area contributed by atoms with Gasteiger partial charge in [0.15, 0.2) is 5.78 Å². The summed E-state index contributed by atoms with van der Waals surface area (Å²) < 4.78 is 1.02. The SMILES string of the molecule is CNCC1CCC(Nc2c(C(=O)C3CC3)cnc3ccc(Br)cc23)CC1. The highest BCUT2D eigenvalue weighted by Crippen LogP contribution is 2.38. The van der Waals surface area contributed by atoms with Crippen LogP contribution < -0.4 is 10.6 Å². The van der Waals surface area contributed by atoms with Gasteiger partial charge in [-0.2, -0.15) is 0 Å². The molecule has 2 saturated carbocycles. The molecule has 26 heavy (non-hydrogen) atoms. The first-order valence-corrected chi connectivity index (χ1v) is 10.5. The lowest BCUT2D eigenvalue weighted by Gasteiger charge is -2.30. The minimum Gasteiger partial charge on any atom is -0.381 e. The summed E-state index contributed by atoms with van der Waals surface area (Å²) in [5.41, 5.74) is 2.70. The van der Waals surface area contributed by atoms with Crippen molar-refractivity contribution < 1.29 is 4.79 Å². The second kappa shape index (κ2) is 7.65. The monoisotopic (exact) mass is 415 g/mol. The van der Waals surface area contributed by atoms with Crippen LogP contribution in [0.3, 0.4) is 0 Å². The molecule has 1 aromatic heterocycles. The Hall–Kier alpha value is -1.46. The average molecular weight is 416 g/mol. The van der Waals surface area contributed by atoms with Crippen LogP contribution in [0, 0.1) is 11.8 Å². The maximum absolute atomic E-state index is 12.8. The van der Waals surface area contributed by atoms with E-state index in [9.17, 15) is 4.79 Å². The summed E-state index contributed by atoms with van der Waals surface area (Å²) in [5, 5.41) is 8.09. The fourth-order valence-electron chi connectivity index (χ4n) is 4.08. The summed E-state index contributed by atoms with van der Waals surface area (Å²) >= 11 is 3.57. The number of hydrogen-bond acceptors (Lipinski definition) is 4. The third kappa shape index (κ3) is 3.79. The van der Waals surface area contributed by atoms with Crippen LogP contribution in [-0.2, 0) is 0 Å². The van der Waals surface area contributed by atoms with E-state index in [0.717, 1.165) is 64.8 Å². The van der Waals surface area contributed by atoms with E-state index < -0.39 is 0 Å². The Morgan fingerprint density at radius 1 is 1.19 bits per heavy atom. The molecule has 0 saturated heterocycles. The first-order chi connectivity index (χ1) is 12.7. The zero-order valence-corrected chi connectivity index (χ0v) is 16.8.